The summed E-state index contributed by atoms with van der Waals surface area (Å²) in [7, 11) is 0. The first-order chi connectivity index (χ1) is 8.79. The molecule has 1 heterocycles. The van der Waals surface area contributed by atoms with E-state index in [0.29, 0.717) is 32.2 Å². The van der Waals surface area contributed by atoms with Crippen molar-refractivity contribution in [2.75, 3.05) is 26.2 Å². The molecule has 0 radical (unpaired) electrons. The number of carbonyl (C=O) groups is 2. The van der Waals surface area contributed by atoms with E-state index < -0.39 is 0 Å². The lowest BCUT2D eigenvalue weighted by Crippen LogP contribution is -2.53. The third-order valence-electron chi connectivity index (χ3n) is 3.93. The van der Waals surface area contributed by atoms with Crippen molar-refractivity contribution in [3.05, 3.63) is 0 Å². The summed E-state index contributed by atoms with van der Waals surface area (Å²) in [6.45, 7) is 2.61. The molecular formula is C13H23N3O2. The van der Waals surface area contributed by atoms with Gasteiger partial charge in [0, 0.05) is 32.2 Å². The van der Waals surface area contributed by atoms with Crippen LogP contribution in [0.15, 0.2) is 0 Å². The van der Waals surface area contributed by atoms with E-state index in [1.165, 1.54) is 25.7 Å². The lowest BCUT2D eigenvalue weighted by molar-refractivity contribution is -0.119. The fourth-order valence-corrected chi connectivity index (χ4v) is 2.72. The fourth-order valence-electron chi connectivity index (χ4n) is 2.72. The SMILES string of the molecule is O=CN1CCN(C(=O)NC2CCCCCC2)CC1. The van der Waals surface area contributed by atoms with Crippen LogP contribution < -0.4 is 5.32 Å². The van der Waals surface area contributed by atoms with Gasteiger partial charge < -0.3 is 15.1 Å². The van der Waals surface area contributed by atoms with Crippen LogP contribution in [0.4, 0.5) is 4.79 Å². The highest BCUT2D eigenvalue weighted by molar-refractivity contribution is 5.74. The number of nitrogens with one attached hydrogen (secondary N) is 1. The van der Waals surface area contributed by atoms with Crippen LogP contribution in [0.3, 0.4) is 0 Å². The maximum atomic E-state index is 12.1. The summed E-state index contributed by atoms with van der Waals surface area (Å²) in [4.78, 5) is 26.2. The first-order valence-electron chi connectivity index (χ1n) is 7.04. The molecule has 0 aromatic heterocycles. The number of carbonyl (C=O) groups excluding carboxylic acids is 2. The zero-order chi connectivity index (χ0) is 12.8. The maximum Gasteiger partial charge on any atom is 0.317 e. The van der Waals surface area contributed by atoms with Gasteiger partial charge in [-0.25, -0.2) is 4.79 Å². The van der Waals surface area contributed by atoms with Gasteiger partial charge in [-0.1, -0.05) is 25.7 Å². The Labute approximate surface area is 108 Å². The molecule has 1 N–H and O–H groups in total. The Kier molecular flexibility index (Phi) is 4.84. The number of urea groups is 1. The lowest BCUT2D eigenvalue weighted by Gasteiger charge is -2.33. The zero-order valence-electron chi connectivity index (χ0n) is 10.9. The third kappa shape index (κ3) is 3.62. The second-order valence-corrected chi connectivity index (χ2v) is 5.27. The Morgan fingerprint density at radius 2 is 1.61 bits per heavy atom. The molecule has 0 unspecified atom stereocenters. The van der Waals surface area contributed by atoms with Crippen LogP contribution in [-0.2, 0) is 4.79 Å². The monoisotopic (exact) mass is 253 g/mol. The van der Waals surface area contributed by atoms with Crippen molar-refractivity contribution in [2.45, 2.75) is 44.6 Å². The van der Waals surface area contributed by atoms with E-state index in [9.17, 15) is 9.59 Å². The van der Waals surface area contributed by atoms with Crippen LogP contribution in [0, 0.1) is 0 Å². The molecule has 0 aromatic rings. The van der Waals surface area contributed by atoms with Crippen molar-refractivity contribution < 1.29 is 9.59 Å². The van der Waals surface area contributed by atoms with Gasteiger partial charge in [0.2, 0.25) is 6.41 Å². The second-order valence-electron chi connectivity index (χ2n) is 5.27. The molecule has 2 aliphatic rings. The predicted octanol–water partition coefficient (Wildman–Crippen LogP) is 1.19. The highest BCUT2D eigenvalue weighted by atomic mass is 16.2. The smallest absolute Gasteiger partial charge is 0.317 e. The zero-order valence-corrected chi connectivity index (χ0v) is 10.9. The Bertz CT molecular complexity index is 280. The molecule has 3 amide bonds. The van der Waals surface area contributed by atoms with Crippen molar-refractivity contribution in [1.29, 1.82) is 0 Å². The molecule has 0 spiro atoms. The van der Waals surface area contributed by atoms with E-state index in [2.05, 4.69) is 5.32 Å². The van der Waals surface area contributed by atoms with Crippen LogP contribution in [0.25, 0.3) is 0 Å². The number of hydrogen-bond acceptors (Lipinski definition) is 2. The maximum absolute atomic E-state index is 12.1. The summed E-state index contributed by atoms with van der Waals surface area (Å²) >= 11 is 0. The quantitative estimate of drug-likeness (QED) is 0.594. The van der Waals surface area contributed by atoms with Crippen LogP contribution in [0.5, 0.6) is 0 Å². The standard InChI is InChI=1S/C13H23N3O2/c17-11-15-7-9-16(10-8-15)13(18)14-12-5-3-1-2-4-6-12/h11-12H,1-10H2,(H,14,18). The van der Waals surface area contributed by atoms with Gasteiger partial charge in [-0.3, -0.25) is 4.79 Å². The summed E-state index contributed by atoms with van der Waals surface area (Å²) in [6, 6.07) is 0.400. The van der Waals surface area contributed by atoms with E-state index in [0.717, 1.165) is 19.3 Å². The average Bonchev–Trinajstić information content (AvgIpc) is 2.67. The molecular weight excluding hydrogens is 230 g/mol. The summed E-state index contributed by atoms with van der Waals surface area (Å²) in [5, 5.41) is 3.14. The van der Waals surface area contributed by atoms with Crippen LogP contribution in [-0.4, -0.2) is 54.5 Å². The van der Waals surface area contributed by atoms with Gasteiger partial charge in [0.15, 0.2) is 0 Å². The van der Waals surface area contributed by atoms with E-state index in [1.807, 2.05) is 4.90 Å². The molecule has 0 aromatic carbocycles. The van der Waals surface area contributed by atoms with Gasteiger partial charge in [0.05, 0.1) is 0 Å². The summed E-state index contributed by atoms with van der Waals surface area (Å²) in [5.41, 5.74) is 0. The molecule has 5 nitrogen and oxygen atoms in total. The summed E-state index contributed by atoms with van der Waals surface area (Å²) in [5.74, 6) is 0. The normalized spacial score (nSPS) is 22.4. The van der Waals surface area contributed by atoms with Crippen molar-refractivity contribution in [3.63, 3.8) is 0 Å². The molecule has 1 aliphatic carbocycles. The van der Waals surface area contributed by atoms with Gasteiger partial charge in [-0.15, -0.1) is 0 Å². The van der Waals surface area contributed by atoms with Gasteiger partial charge in [0.25, 0.3) is 0 Å². The fraction of sp³-hybridized carbons (Fsp3) is 0.846. The molecule has 5 heteroatoms. The van der Waals surface area contributed by atoms with E-state index in [-0.39, 0.29) is 6.03 Å². The number of nitrogens with zero attached hydrogens (tertiary/aromatic N) is 2. The first kappa shape index (κ1) is 13.2. The molecule has 2 fully saturated rings. The average molecular weight is 253 g/mol. The summed E-state index contributed by atoms with van der Waals surface area (Å²) < 4.78 is 0. The van der Waals surface area contributed by atoms with Crippen LogP contribution in [0.1, 0.15) is 38.5 Å². The van der Waals surface area contributed by atoms with Gasteiger partial charge in [-0.2, -0.15) is 0 Å². The second kappa shape index (κ2) is 6.61. The highest BCUT2D eigenvalue weighted by Gasteiger charge is 2.22. The van der Waals surface area contributed by atoms with Crippen LogP contribution in [0.2, 0.25) is 0 Å². The summed E-state index contributed by atoms with van der Waals surface area (Å²) in [6.07, 6.45) is 8.13. The topological polar surface area (TPSA) is 52.7 Å². The molecule has 1 saturated heterocycles. The first-order valence-corrected chi connectivity index (χ1v) is 7.04. The lowest BCUT2D eigenvalue weighted by atomic mass is 10.1. The number of hydrogen-bond donors (Lipinski definition) is 1. The van der Waals surface area contributed by atoms with Gasteiger partial charge in [-0.05, 0) is 12.8 Å². The Morgan fingerprint density at radius 1 is 1.00 bits per heavy atom. The number of rotatable bonds is 2. The molecule has 0 bridgehead atoms. The molecule has 2 rings (SSSR count). The van der Waals surface area contributed by atoms with E-state index in [4.69, 9.17) is 0 Å². The van der Waals surface area contributed by atoms with Crippen LogP contribution >= 0.6 is 0 Å². The van der Waals surface area contributed by atoms with Crippen molar-refractivity contribution in [1.82, 2.24) is 15.1 Å². The van der Waals surface area contributed by atoms with Gasteiger partial charge in [0.1, 0.15) is 0 Å². The molecule has 18 heavy (non-hydrogen) atoms. The molecule has 1 aliphatic heterocycles. The Hall–Kier alpha value is -1.26. The molecule has 0 atom stereocenters. The van der Waals surface area contributed by atoms with Crippen molar-refractivity contribution in [3.8, 4) is 0 Å². The van der Waals surface area contributed by atoms with E-state index >= 15 is 0 Å². The highest BCUT2D eigenvalue weighted by Crippen LogP contribution is 2.17. The minimum atomic E-state index is 0.0486. The minimum Gasteiger partial charge on any atom is -0.342 e. The Morgan fingerprint density at radius 3 is 2.17 bits per heavy atom. The third-order valence-corrected chi connectivity index (χ3v) is 3.93. The minimum absolute atomic E-state index is 0.0486. The number of amides is 3. The predicted molar refractivity (Wildman–Crippen MR) is 69.2 cm³/mol. The number of piperazine rings is 1. The van der Waals surface area contributed by atoms with Crippen molar-refractivity contribution in [2.24, 2.45) is 0 Å². The molecule has 102 valence electrons. The Balaban J connectivity index is 1.75. The van der Waals surface area contributed by atoms with Gasteiger partial charge >= 0.3 is 6.03 Å². The van der Waals surface area contributed by atoms with E-state index in [1.54, 1.807) is 4.90 Å². The molecule has 1 saturated carbocycles. The largest absolute Gasteiger partial charge is 0.342 e. The van der Waals surface area contributed by atoms with Crippen molar-refractivity contribution >= 4 is 12.4 Å².